The summed E-state index contributed by atoms with van der Waals surface area (Å²) in [7, 11) is 0. The van der Waals surface area contributed by atoms with Crippen LogP contribution < -0.4 is 9.47 Å². The Morgan fingerprint density at radius 3 is 2.52 bits per heavy atom. The third kappa shape index (κ3) is 5.99. The first kappa shape index (κ1) is 23.4. The Kier molecular flexibility index (Phi) is 7.75. The van der Waals surface area contributed by atoms with Crippen LogP contribution in [0.5, 0.6) is 11.5 Å². The summed E-state index contributed by atoms with van der Waals surface area (Å²) in [5.41, 5.74) is 1.54. The average molecular weight is 545 g/mol. The maximum absolute atomic E-state index is 12.9. The van der Waals surface area contributed by atoms with Gasteiger partial charge in [0.15, 0.2) is 0 Å². The molecule has 8 heteroatoms. The summed E-state index contributed by atoms with van der Waals surface area (Å²) in [6.45, 7) is 0.671. The maximum atomic E-state index is 12.9. The van der Waals surface area contributed by atoms with E-state index < -0.39 is 0 Å². The zero-order valence-corrected chi connectivity index (χ0v) is 20.5. The van der Waals surface area contributed by atoms with Crippen LogP contribution in [0.3, 0.4) is 0 Å². The lowest BCUT2D eigenvalue weighted by molar-refractivity contribution is -0.123. The van der Waals surface area contributed by atoms with Gasteiger partial charge in [-0.1, -0.05) is 63.9 Å². The van der Waals surface area contributed by atoms with Crippen molar-refractivity contribution in [3.63, 3.8) is 0 Å². The molecule has 2 amide bonds. The van der Waals surface area contributed by atoms with Crippen LogP contribution >= 0.6 is 39.3 Å². The summed E-state index contributed by atoms with van der Waals surface area (Å²) >= 11 is 10.6. The van der Waals surface area contributed by atoms with E-state index in [1.165, 1.54) is 4.90 Å². The van der Waals surface area contributed by atoms with Crippen LogP contribution in [0.4, 0.5) is 4.79 Å². The van der Waals surface area contributed by atoms with E-state index in [9.17, 15) is 9.59 Å². The highest BCUT2D eigenvalue weighted by Crippen LogP contribution is 2.35. The highest BCUT2D eigenvalue weighted by molar-refractivity contribution is 9.10. The van der Waals surface area contributed by atoms with E-state index in [2.05, 4.69) is 15.9 Å². The predicted octanol–water partition coefficient (Wildman–Crippen LogP) is 6.80. The quantitative estimate of drug-likeness (QED) is 0.292. The van der Waals surface area contributed by atoms with E-state index in [4.69, 9.17) is 21.1 Å². The second kappa shape index (κ2) is 10.9. The topological polar surface area (TPSA) is 55.8 Å². The Morgan fingerprint density at radius 2 is 1.73 bits per heavy atom. The van der Waals surface area contributed by atoms with Gasteiger partial charge >= 0.3 is 0 Å². The number of nitrogens with zero attached hydrogens (tertiary/aromatic N) is 1. The van der Waals surface area contributed by atoms with Gasteiger partial charge in [-0.05, 0) is 54.2 Å². The number of carbonyl (C=O) groups excluding carboxylic acids is 2. The Labute approximate surface area is 209 Å². The molecular formula is C25H19BrClNO4S. The maximum Gasteiger partial charge on any atom is 0.293 e. The van der Waals surface area contributed by atoms with Crippen LogP contribution in [0.1, 0.15) is 11.1 Å². The molecule has 1 aliphatic rings. The number of hydrogen-bond acceptors (Lipinski definition) is 5. The molecule has 0 radical (unpaired) electrons. The summed E-state index contributed by atoms with van der Waals surface area (Å²) < 4.78 is 12.4. The first-order chi connectivity index (χ1) is 16.0. The number of ether oxygens (including phenoxy) is 2. The van der Waals surface area contributed by atoms with E-state index in [-0.39, 0.29) is 30.9 Å². The summed E-state index contributed by atoms with van der Waals surface area (Å²) in [5, 5.41) is 0.298. The van der Waals surface area contributed by atoms with E-state index in [1.54, 1.807) is 12.1 Å². The van der Waals surface area contributed by atoms with Crippen molar-refractivity contribution < 1.29 is 19.1 Å². The monoisotopic (exact) mass is 543 g/mol. The Balaban J connectivity index is 1.46. The van der Waals surface area contributed by atoms with Gasteiger partial charge in [0.05, 0.1) is 11.4 Å². The molecule has 0 bridgehead atoms. The lowest BCUT2D eigenvalue weighted by Gasteiger charge is -2.13. The number of carbonyl (C=O) groups is 2. The molecule has 0 spiro atoms. The molecule has 168 valence electrons. The van der Waals surface area contributed by atoms with Crippen molar-refractivity contribution in [1.82, 2.24) is 4.90 Å². The lowest BCUT2D eigenvalue weighted by atomic mass is 10.1. The summed E-state index contributed by atoms with van der Waals surface area (Å²) in [6.07, 6.45) is 1.68. The standard InChI is InChI=1S/C25H19BrClNO4S/c26-19-10-11-22(32-16-17-6-4-5-9-21(17)27)18(14-19)15-23-24(29)28(25(30)33-23)12-13-31-20-7-2-1-3-8-20/h1-11,14-15H,12-13,16H2/b23-15-. The highest BCUT2D eigenvalue weighted by atomic mass is 79.9. The van der Waals surface area contributed by atoms with Crippen LogP contribution in [0.2, 0.25) is 5.02 Å². The first-order valence-electron chi connectivity index (χ1n) is 10.1. The minimum atomic E-state index is -0.348. The number of imide groups is 1. The van der Waals surface area contributed by atoms with Gasteiger partial charge in [0.1, 0.15) is 24.7 Å². The molecule has 0 unspecified atom stereocenters. The van der Waals surface area contributed by atoms with Crippen LogP contribution in [0, 0.1) is 0 Å². The van der Waals surface area contributed by atoms with Gasteiger partial charge < -0.3 is 9.47 Å². The van der Waals surface area contributed by atoms with Gasteiger partial charge in [-0.25, -0.2) is 0 Å². The molecule has 33 heavy (non-hydrogen) atoms. The van der Waals surface area contributed by atoms with Crippen molar-refractivity contribution in [3.05, 3.63) is 98.3 Å². The zero-order chi connectivity index (χ0) is 23.2. The van der Waals surface area contributed by atoms with Crippen molar-refractivity contribution in [2.45, 2.75) is 6.61 Å². The van der Waals surface area contributed by atoms with Crippen molar-refractivity contribution in [2.75, 3.05) is 13.2 Å². The van der Waals surface area contributed by atoms with Crippen molar-refractivity contribution in [2.24, 2.45) is 0 Å². The predicted molar refractivity (Wildman–Crippen MR) is 135 cm³/mol. The van der Waals surface area contributed by atoms with E-state index in [1.807, 2.05) is 66.7 Å². The summed E-state index contributed by atoms with van der Waals surface area (Å²) in [4.78, 5) is 26.8. The second-order valence-corrected chi connectivity index (χ2v) is 9.37. The van der Waals surface area contributed by atoms with Crippen LogP contribution in [-0.2, 0) is 11.4 Å². The van der Waals surface area contributed by atoms with Crippen molar-refractivity contribution >= 4 is 56.5 Å². The molecule has 3 aromatic carbocycles. The molecule has 1 heterocycles. The van der Waals surface area contributed by atoms with Crippen LogP contribution in [0.25, 0.3) is 6.08 Å². The molecule has 0 aliphatic carbocycles. The van der Waals surface area contributed by atoms with E-state index >= 15 is 0 Å². The fraction of sp³-hybridized carbons (Fsp3) is 0.120. The molecule has 0 saturated carbocycles. The third-order valence-electron chi connectivity index (χ3n) is 4.80. The fourth-order valence-corrected chi connectivity index (χ4v) is 4.57. The number of hydrogen-bond donors (Lipinski definition) is 0. The molecule has 0 aromatic heterocycles. The molecule has 1 aliphatic heterocycles. The Morgan fingerprint density at radius 1 is 0.970 bits per heavy atom. The Hall–Kier alpha value is -2.74. The van der Waals surface area contributed by atoms with Crippen molar-refractivity contribution in [1.29, 1.82) is 0 Å². The SMILES string of the molecule is O=C1S/C(=C\c2cc(Br)ccc2OCc2ccccc2Cl)C(=O)N1CCOc1ccccc1. The molecular weight excluding hydrogens is 526 g/mol. The van der Waals surface area contributed by atoms with Gasteiger partial charge in [-0.15, -0.1) is 0 Å². The normalized spacial score (nSPS) is 14.7. The van der Waals surface area contributed by atoms with Crippen LogP contribution in [-0.4, -0.2) is 29.2 Å². The highest BCUT2D eigenvalue weighted by Gasteiger charge is 2.35. The molecule has 0 atom stereocenters. The van der Waals surface area contributed by atoms with Gasteiger partial charge in [-0.2, -0.15) is 0 Å². The average Bonchev–Trinajstić information content (AvgIpc) is 3.07. The summed E-state index contributed by atoms with van der Waals surface area (Å²) in [5.74, 6) is 0.922. The molecule has 1 saturated heterocycles. The molecule has 1 fully saturated rings. The van der Waals surface area contributed by atoms with E-state index in [0.29, 0.717) is 27.0 Å². The van der Waals surface area contributed by atoms with Gasteiger partial charge in [-0.3, -0.25) is 14.5 Å². The third-order valence-corrected chi connectivity index (χ3v) is 6.57. The number of benzene rings is 3. The second-order valence-electron chi connectivity index (χ2n) is 7.06. The minimum Gasteiger partial charge on any atom is -0.492 e. The number of rotatable bonds is 8. The van der Waals surface area contributed by atoms with Gasteiger partial charge in [0.25, 0.3) is 11.1 Å². The molecule has 4 rings (SSSR count). The van der Waals surface area contributed by atoms with E-state index in [0.717, 1.165) is 21.8 Å². The molecule has 5 nitrogen and oxygen atoms in total. The number of thioether (sulfide) groups is 1. The van der Waals surface area contributed by atoms with Gasteiger partial charge in [0, 0.05) is 20.6 Å². The first-order valence-corrected chi connectivity index (χ1v) is 12.1. The van der Waals surface area contributed by atoms with Gasteiger partial charge in [0.2, 0.25) is 0 Å². The zero-order valence-electron chi connectivity index (χ0n) is 17.4. The molecule has 0 N–H and O–H groups in total. The largest absolute Gasteiger partial charge is 0.492 e. The Bertz CT molecular complexity index is 1200. The number of para-hydroxylation sites is 1. The van der Waals surface area contributed by atoms with Crippen LogP contribution in [0.15, 0.2) is 82.2 Å². The fourth-order valence-electron chi connectivity index (χ4n) is 3.14. The smallest absolute Gasteiger partial charge is 0.293 e. The van der Waals surface area contributed by atoms with Crippen molar-refractivity contribution in [3.8, 4) is 11.5 Å². The molecule has 3 aromatic rings. The minimum absolute atomic E-state index is 0.172. The lowest BCUT2D eigenvalue weighted by Crippen LogP contribution is -2.32. The summed E-state index contributed by atoms with van der Waals surface area (Å²) in [6, 6.07) is 22.2. The number of amides is 2. The number of halogens is 2.